The van der Waals surface area contributed by atoms with E-state index < -0.39 is 0 Å². The third-order valence-corrected chi connectivity index (χ3v) is 3.12. The molecule has 0 saturated carbocycles. The molecule has 82 valence electrons. The lowest BCUT2D eigenvalue weighted by Crippen LogP contribution is -2.41. The number of anilines is 1. The molecule has 1 aliphatic heterocycles. The summed E-state index contributed by atoms with van der Waals surface area (Å²) in [5.74, 6) is 0.939. The lowest BCUT2D eigenvalue weighted by molar-refractivity contribution is 0.0529. The van der Waals surface area contributed by atoms with Gasteiger partial charge in [0.15, 0.2) is 0 Å². The summed E-state index contributed by atoms with van der Waals surface area (Å²) in [7, 11) is 0. The van der Waals surface area contributed by atoms with Crippen molar-refractivity contribution in [2.75, 3.05) is 24.6 Å². The van der Waals surface area contributed by atoms with Crippen LogP contribution in [-0.4, -0.2) is 30.8 Å². The van der Waals surface area contributed by atoms with Gasteiger partial charge in [-0.25, -0.2) is 4.98 Å². The van der Waals surface area contributed by atoms with Gasteiger partial charge in [-0.3, -0.25) is 0 Å². The van der Waals surface area contributed by atoms with Gasteiger partial charge >= 0.3 is 0 Å². The quantitative estimate of drug-likeness (QED) is 0.795. The van der Waals surface area contributed by atoms with Crippen molar-refractivity contribution in [2.45, 2.75) is 13.0 Å². The van der Waals surface area contributed by atoms with E-state index in [1.54, 1.807) is 6.20 Å². The second-order valence-electron chi connectivity index (χ2n) is 3.59. The van der Waals surface area contributed by atoms with Crippen molar-refractivity contribution in [3.63, 3.8) is 0 Å². The molecule has 0 spiro atoms. The van der Waals surface area contributed by atoms with Gasteiger partial charge in [-0.15, -0.1) is 0 Å². The van der Waals surface area contributed by atoms with Crippen LogP contribution in [0.3, 0.4) is 0 Å². The van der Waals surface area contributed by atoms with Gasteiger partial charge in [-0.1, -0.05) is 11.6 Å². The van der Waals surface area contributed by atoms with Crippen LogP contribution in [0.15, 0.2) is 16.7 Å². The van der Waals surface area contributed by atoms with Gasteiger partial charge in [0.2, 0.25) is 0 Å². The van der Waals surface area contributed by atoms with Crippen molar-refractivity contribution in [3.8, 4) is 0 Å². The molecule has 2 heterocycles. The first-order valence-electron chi connectivity index (χ1n) is 4.84. The van der Waals surface area contributed by atoms with E-state index in [9.17, 15) is 0 Å². The molecule has 1 atom stereocenters. The van der Waals surface area contributed by atoms with Crippen LogP contribution in [0.25, 0.3) is 0 Å². The Morgan fingerprint density at radius 2 is 2.47 bits per heavy atom. The topological polar surface area (TPSA) is 25.4 Å². The molecule has 15 heavy (non-hydrogen) atoms. The number of nitrogens with zero attached hydrogens (tertiary/aromatic N) is 2. The Morgan fingerprint density at radius 1 is 1.67 bits per heavy atom. The maximum Gasteiger partial charge on any atom is 0.143 e. The molecule has 0 bridgehead atoms. The fraction of sp³-hybridized carbons (Fsp3) is 0.500. The summed E-state index contributed by atoms with van der Waals surface area (Å²) >= 11 is 9.32. The number of morpholine rings is 1. The highest BCUT2D eigenvalue weighted by molar-refractivity contribution is 9.10. The smallest absolute Gasteiger partial charge is 0.143 e. The zero-order chi connectivity index (χ0) is 10.8. The lowest BCUT2D eigenvalue weighted by atomic mass is 10.3. The fourth-order valence-corrected chi connectivity index (χ4v) is 2.54. The maximum atomic E-state index is 5.85. The van der Waals surface area contributed by atoms with Crippen molar-refractivity contribution in [2.24, 2.45) is 0 Å². The molecule has 0 radical (unpaired) electrons. The average molecular weight is 292 g/mol. The van der Waals surface area contributed by atoms with Crippen molar-refractivity contribution < 1.29 is 4.74 Å². The second-order valence-corrected chi connectivity index (χ2v) is 4.88. The fourth-order valence-electron chi connectivity index (χ4n) is 1.65. The van der Waals surface area contributed by atoms with Crippen LogP contribution < -0.4 is 4.90 Å². The molecule has 0 aromatic carbocycles. The normalized spacial score (nSPS) is 21.8. The van der Waals surface area contributed by atoms with Crippen molar-refractivity contribution in [1.29, 1.82) is 0 Å². The Kier molecular flexibility index (Phi) is 3.49. The lowest BCUT2D eigenvalue weighted by Gasteiger charge is -2.32. The standard InChI is InChI=1S/C10H12BrClN2O/c1-7-6-14(2-3-15-7)10-9(11)4-8(12)5-13-10/h4-5,7H,2-3,6H2,1H3. The van der Waals surface area contributed by atoms with Gasteiger partial charge in [0, 0.05) is 19.3 Å². The summed E-state index contributed by atoms with van der Waals surface area (Å²) in [5.41, 5.74) is 0. The molecule has 0 N–H and O–H groups in total. The highest BCUT2D eigenvalue weighted by Gasteiger charge is 2.19. The van der Waals surface area contributed by atoms with E-state index in [0.29, 0.717) is 5.02 Å². The van der Waals surface area contributed by atoms with Crippen LogP contribution in [0.1, 0.15) is 6.92 Å². The summed E-state index contributed by atoms with van der Waals surface area (Å²) in [4.78, 5) is 6.53. The summed E-state index contributed by atoms with van der Waals surface area (Å²) in [5, 5.41) is 0.645. The molecular formula is C10H12BrClN2O. The molecule has 1 saturated heterocycles. The minimum atomic E-state index is 0.253. The zero-order valence-corrected chi connectivity index (χ0v) is 10.8. The molecule has 1 aromatic heterocycles. The van der Waals surface area contributed by atoms with Gasteiger partial charge in [0.1, 0.15) is 5.82 Å². The Balaban J connectivity index is 2.21. The SMILES string of the molecule is CC1CN(c2ncc(Cl)cc2Br)CCO1. The van der Waals surface area contributed by atoms with E-state index in [1.807, 2.05) is 6.07 Å². The number of aromatic nitrogens is 1. The molecule has 1 aliphatic rings. The first-order chi connectivity index (χ1) is 7.16. The summed E-state index contributed by atoms with van der Waals surface area (Å²) in [6.45, 7) is 4.55. The molecule has 0 amide bonds. The molecular weight excluding hydrogens is 279 g/mol. The van der Waals surface area contributed by atoms with Crippen LogP contribution in [0.5, 0.6) is 0 Å². The Labute approximate surface area is 103 Å². The number of rotatable bonds is 1. The number of hydrogen-bond acceptors (Lipinski definition) is 3. The van der Waals surface area contributed by atoms with Gasteiger partial charge in [0.25, 0.3) is 0 Å². The van der Waals surface area contributed by atoms with E-state index in [2.05, 4.69) is 32.7 Å². The number of hydrogen-bond donors (Lipinski definition) is 0. The molecule has 3 nitrogen and oxygen atoms in total. The van der Waals surface area contributed by atoms with Crippen LogP contribution in [-0.2, 0) is 4.74 Å². The molecule has 1 aromatic rings. The number of pyridine rings is 1. The van der Waals surface area contributed by atoms with Gasteiger partial charge in [0.05, 0.1) is 22.2 Å². The van der Waals surface area contributed by atoms with Gasteiger partial charge in [-0.2, -0.15) is 0 Å². The maximum absolute atomic E-state index is 5.85. The monoisotopic (exact) mass is 290 g/mol. The Hall–Kier alpha value is -0.320. The van der Waals surface area contributed by atoms with Crippen molar-refractivity contribution in [1.82, 2.24) is 4.98 Å². The Morgan fingerprint density at radius 3 is 3.13 bits per heavy atom. The van der Waals surface area contributed by atoms with E-state index in [4.69, 9.17) is 16.3 Å². The highest BCUT2D eigenvalue weighted by atomic mass is 79.9. The van der Waals surface area contributed by atoms with Crippen LogP contribution in [0, 0.1) is 0 Å². The molecule has 5 heteroatoms. The van der Waals surface area contributed by atoms with Gasteiger partial charge in [-0.05, 0) is 28.9 Å². The summed E-state index contributed by atoms with van der Waals surface area (Å²) < 4.78 is 6.42. The van der Waals surface area contributed by atoms with Crippen LogP contribution >= 0.6 is 27.5 Å². The third-order valence-electron chi connectivity index (χ3n) is 2.33. The van der Waals surface area contributed by atoms with E-state index in [1.165, 1.54) is 0 Å². The highest BCUT2D eigenvalue weighted by Crippen LogP contribution is 2.27. The third kappa shape index (κ3) is 2.62. The average Bonchev–Trinajstić information content (AvgIpc) is 2.17. The molecule has 1 fully saturated rings. The first-order valence-corrected chi connectivity index (χ1v) is 6.01. The summed E-state index contributed by atoms with van der Waals surface area (Å²) in [6, 6.07) is 1.87. The largest absolute Gasteiger partial charge is 0.375 e. The minimum Gasteiger partial charge on any atom is -0.375 e. The minimum absolute atomic E-state index is 0.253. The first kappa shape index (κ1) is 11.2. The van der Waals surface area contributed by atoms with Crippen LogP contribution in [0.2, 0.25) is 5.02 Å². The predicted molar refractivity (Wildman–Crippen MR) is 64.6 cm³/mol. The molecule has 0 aliphatic carbocycles. The molecule has 1 unspecified atom stereocenters. The van der Waals surface area contributed by atoms with E-state index >= 15 is 0 Å². The number of halogens is 2. The van der Waals surface area contributed by atoms with Crippen LogP contribution in [0.4, 0.5) is 5.82 Å². The molecule has 2 rings (SSSR count). The van der Waals surface area contributed by atoms with E-state index in [-0.39, 0.29) is 6.10 Å². The zero-order valence-electron chi connectivity index (χ0n) is 8.41. The summed E-state index contributed by atoms with van der Waals surface area (Å²) in [6.07, 6.45) is 1.92. The van der Waals surface area contributed by atoms with Crippen molar-refractivity contribution >= 4 is 33.3 Å². The Bertz CT molecular complexity index is 361. The van der Waals surface area contributed by atoms with Gasteiger partial charge < -0.3 is 9.64 Å². The second kappa shape index (κ2) is 4.68. The van der Waals surface area contributed by atoms with E-state index in [0.717, 1.165) is 30.0 Å². The van der Waals surface area contributed by atoms with Crippen molar-refractivity contribution in [3.05, 3.63) is 21.8 Å². The number of ether oxygens (including phenoxy) is 1. The predicted octanol–water partition coefficient (Wildman–Crippen LogP) is 2.72.